The molecule has 1 aliphatic rings. The van der Waals surface area contributed by atoms with Crippen molar-refractivity contribution in [1.29, 1.82) is 0 Å². The molecule has 16 heavy (non-hydrogen) atoms. The van der Waals surface area contributed by atoms with Crippen LogP contribution in [0.1, 0.15) is 53.9 Å². The minimum absolute atomic E-state index is 0.0363. The quantitative estimate of drug-likeness (QED) is 0.692. The molecule has 0 bridgehead atoms. The predicted octanol–water partition coefficient (Wildman–Crippen LogP) is 2.84. The summed E-state index contributed by atoms with van der Waals surface area (Å²) in [5.41, 5.74) is -0.0363. The molecule has 0 aromatic carbocycles. The third kappa shape index (κ3) is 4.52. The summed E-state index contributed by atoms with van der Waals surface area (Å²) >= 11 is 0. The zero-order chi connectivity index (χ0) is 12.8. The molecule has 0 aromatic rings. The third-order valence-corrected chi connectivity index (χ3v) is 3.04. The summed E-state index contributed by atoms with van der Waals surface area (Å²) in [5.74, 6) is 0.172. The average Bonchev–Trinajstić information content (AvgIpc) is 2.18. The van der Waals surface area contributed by atoms with E-state index in [1.54, 1.807) is 14.0 Å². The van der Waals surface area contributed by atoms with Gasteiger partial charge in [0.1, 0.15) is 0 Å². The summed E-state index contributed by atoms with van der Waals surface area (Å²) in [6.45, 7) is 10.9. The Morgan fingerprint density at radius 2 is 2.00 bits per heavy atom. The lowest BCUT2D eigenvalue weighted by Crippen LogP contribution is -2.50. The van der Waals surface area contributed by atoms with Gasteiger partial charge in [-0.3, -0.25) is 4.79 Å². The fourth-order valence-electron chi connectivity index (χ4n) is 2.07. The fourth-order valence-corrected chi connectivity index (χ4v) is 2.07. The van der Waals surface area contributed by atoms with Crippen LogP contribution in [0.4, 0.5) is 0 Å². The van der Waals surface area contributed by atoms with E-state index in [2.05, 4.69) is 27.7 Å². The second-order valence-electron chi connectivity index (χ2n) is 4.88. The van der Waals surface area contributed by atoms with Gasteiger partial charge in [0.2, 0.25) is 5.91 Å². The second-order valence-corrected chi connectivity index (χ2v) is 4.88. The molecule has 0 radical (unpaired) electrons. The van der Waals surface area contributed by atoms with Gasteiger partial charge in [-0.05, 0) is 26.7 Å². The topological polar surface area (TPSA) is 29.5 Å². The van der Waals surface area contributed by atoms with Crippen molar-refractivity contribution in [2.45, 2.75) is 65.5 Å². The molecule has 1 heterocycles. The molecule has 0 aromatic heterocycles. The molecule has 1 aliphatic heterocycles. The molecule has 0 N–H and O–H groups in total. The van der Waals surface area contributed by atoms with E-state index in [0.29, 0.717) is 6.04 Å². The van der Waals surface area contributed by atoms with Crippen LogP contribution in [0.3, 0.4) is 0 Å². The Labute approximate surface area is 100 Å². The first-order chi connectivity index (χ1) is 7.40. The molecule has 1 saturated heterocycles. The average molecular weight is 229 g/mol. The van der Waals surface area contributed by atoms with E-state index in [0.717, 1.165) is 19.4 Å². The van der Waals surface area contributed by atoms with Crippen LogP contribution in [0.15, 0.2) is 0 Å². The summed E-state index contributed by atoms with van der Waals surface area (Å²) in [6, 6.07) is 0.302. The largest absolute Gasteiger partial charge is 0.378 e. The molecule has 2 unspecified atom stereocenters. The molecule has 3 nitrogen and oxygen atoms in total. The molecule has 96 valence electrons. The SMILES string of the molecule is CCC.COC1(C)CCN(C(C)=O)C(C)C1. The Balaban J connectivity index is 0.000000673. The lowest BCUT2D eigenvalue weighted by Gasteiger charge is -2.42. The Bertz CT molecular complexity index is 218. The number of likely N-dealkylation sites (tertiary alicyclic amines) is 1. The highest BCUT2D eigenvalue weighted by atomic mass is 16.5. The van der Waals surface area contributed by atoms with Gasteiger partial charge in [-0.25, -0.2) is 0 Å². The van der Waals surface area contributed by atoms with Crippen molar-refractivity contribution >= 4 is 5.91 Å². The minimum Gasteiger partial charge on any atom is -0.378 e. The molecular formula is C13H27NO2. The van der Waals surface area contributed by atoms with E-state index >= 15 is 0 Å². The van der Waals surface area contributed by atoms with Gasteiger partial charge < -0.3 is 9.64 Å². The number of ether oxygens (including phenoxy) is 1. The Kier molecular flexibility index (Phi) is 6.65. The molecule has 2 atom stereocenters. The maximum atomic E-state index is 11.2. The number of piperidine rings is 1. The number of methoxy groups -OCH3 is 1. The first-order valence-corrected chi connectivity index (χ1v) is 6.22. The molecular weight excluding hydrogens is 202 g/mol. The van der Waals surface area contributed by atoms with Crippen molar-refractivity contribution in [2.24, 2.45) is 0 Å². The van der Waals surface area contributed by atoms with E-state index in [1.807, 2.05) is 4.90 Å². The zero-order valence-corrected chi connectivity index (χ0v) is 11.7. The predicted molar refractivity (Wildman–Crippen MR) is 67.5 cm³/mol. The van der Waals surface area contributed by atoms with Gasteiger partial charge in [0, 0.05) is 26.6 Å². The number of carbonyl (C=O) groups excluding carboxylic acids is 1. The molecule has 1 rings (SSSR count). The van der Waals surface area contributed by atoms with E-state index in [1.165, 1.54) is 6.42 Å². The number of rotatable bonds is 1. The summed E-state index contributed by atoms with van der Waals surface area (Å²) in [5, 5.41) is 0. The normalized spacial score (nSPS) is 29.4. The molecule has 0 saturated carbocycles. The van der Waals surface area contributed by atoms with Crippen LogP contribution in [0.25, 0.3) is 0 Å². The van der Waals surface area contributed by atoms with Gasteiger partial charge >= 0.3 is 0 Å². The van der Waals surface area contributed by atoms with Gasteiger partial charge in [-0.1, -0.05) is 20.3 Å². The summed E-state index contributed by atoms with van der Waals surface area (Å²) in [4.78, 5) is 13.1. The summed E-state index contributed by atoms with van der Waals surface area (Å²) in [7, 11) is 1.75. The van der Waals surface area contributed by atoms with Crippen molar-refractivity contribution in [3.63, 3.8) is 0 Å². The van der Waals surface area contributed by atoms with Crippen molar-refractivity contribution in [3.8, 4) is 0 Å². The van der Waals surface area contributed by atoms with Crippen molar-refractivity contribution in [3.05, 3.63) is 0 Å². The second kappa shape index (κ2) is 6.89. The van der Waals surface area contributed by atoms with Crippen molar-refractivity contribution in [1.82, 2.24) is 4.90 Å². The maximum Gasteiger partial charge on any atom is 0.219 e. The molecule has 1 fully saturated rings. The van der Waals surface area contributed by atoms with Crippen LogP contribution in [0, 0.1) is 0 Å². The zero-order valence-electron chi connectivity index (χ0n) is 11.7. The van der Waals surface area contributed by atoms with Gasteiger partial charge in [-0.15, -0.1) is 0 Å². The smallest absolute Gasteiger partial charge is 0.219 e. The number of nitrogens with zero attached hydrogens (tertiary/aromatic N) is 1. The third-order valence-electron chi connectivity index (χ3n) is 3.04. The molecule has 0 spiro atoms. The number of hydrogen-bond donors (Lipinski definition) is 0. The van der Waals surface area contributed by atoms with Crippen LogP contribution in [-0.2, 0) is 9.53 Å². The minimum atomic E-state index is -0.0363. The van der Waals surface area contributed by atoms with Crippen molar-refractivity contribution in [2.75, 3.05) is 13.7 Å². The maximum absolute atomic E-state index is 11.2. The Hall–Kier alpha value is -0.570. The van der Waals surface area contributed by atoms with Crippen LogP contribution in [0.5, 0.6) is 0 Å². The van der Waals surface area contributed by atoms with Gasteiger partial charge in [0.05, 0.1) is 5.60 Å². The first-order valence-electron chi connectivity index (χ1n) is 6.22. The highest BCUT2D eigenvalue weighted by Gasteiger charge is 2.35. The lowest BCUT2D eigenvalue weighted by molar-refractivity contribution is -0.137. The molecule has 3 heteroatoms. The van der Waals surface area contributed by atoms with E-state index in [-0.39, 0.29) is 11.5 Å². The van der Waals surface area contributed by atoms with Gasteiger partial charge in [0.25, 0.3) is 0 Å². The van der Waals surface area contributed by atoms with Gasteiger partial charge in [0.15, 0.2) is 0 Å². The van der Waals surface area contributed by atoms with Crippen LogP contribution >= 0.6 is 0 Å². The van der Waals surface area contributed by atoms with E-state index in [4.69, 9.17) is 4.74 Å². The first kappa shape index (κ1) is 15.4. The Morgan fingerprint density at radius 1 is 1.50 bits per heavy atom. The van der Waals surface area contributed by atoms with Crippen LogP contribution in [-0.4, -0.2) is 36.1 Å². The fraction of sp³-hybridized carbons (Fsp3) is 0.923. The van der Waals surface area contributed by atoms with E-state index in [9.17, 15) is 4.79 Å². The van der Waals surface area contributed by atoms with Crippen LogP contribution in [0.2, 0.25) is 0 Å². The Morgan fingerprint density at radius 3 is 2.31 bits per heavy atom. The monoisotopic (exact) mass is 229 g/mol. The number of carbonyl (C=O) groups is 1. The van der Waals surface area contributed by atoms with Crippen LogP contribution < -0.4 is 0 Å². The lowest BCUT2D eigenvalue weighted by atomic mass is 9.88. The highest BCUT2D eigenvalue weighted by Crippen LogP contribution is 2.28. The summed E-state index contributed by atoms with van der Waals surface area (Å²) < 4.78 is 5.44. The number of hydrogen-bond acceptors (Lipinski definition) is 2. The van der Waals surface area contributed by atoms with Gasteiger partial charge in [-0.2, -0.15) is 0 Å². The molecule has 0 aliphatic carbocycles. The standard InChI is InChI=1S/C10H19NO2.C3H8/c1-8-7-10(3,13-4)5-6-11(8)9(2)12;1-3-2/h8H,5-7H2,1-4H3;3H2,1-2H3. The highest BCUT2D eigenvalue weighted by molar-refractivity contribution is 5.73. The molecule has 1 amide bonds. The summed E-state index contributed by atoms with van der Waals surface area (Å²) in [6.07, 6.45) is 3.12. The van der Waals surface area contributed by atoms with E-state index < -0.39 is 0 Å². The number of amides is 1. The van der Waals surface area contributed by atoms with Crippen molar-refractivity contribution < 1.29 is 9.53 Å².